The molecule has 146 valence electrons. The zero-order valence-electron chi connectivity index (χ0n) is 16.1. The number of hydrogen-bond acceptors (Lipinski definition) is 4. The molecule has 1 N–H and O–H groups in total. The maximum Gasteiger partial charge on any atom is 0.223 e. The molecule has 2 aromatic heterocycles. The van der Waals surface area contributed by atoms with E-state index in [-0.39, 0.29) is 11.3 Å². The van der Waals surface area contributed by atoms with Gasteiger partial charge in [-0.15, -0.1) is 5.10 Å². The van der Waals surface area contributed by atoms with Crippen LogP contribution in [0.5, 0.6) is 0 Å². The number of carbonyl (C=O) groups is 1. The summed E-state index contributed by atoms with van der Waals surface area (Å²) in [4.78, 5) is 18.9. The molecule has 1 fully saturated rings. The monoisotopic (exact) mass is 378 g/mol. The van der Waals surface area contributed by atoms with Gasteiger partial charge < -0.3 is 9.88 Å². The Balaban J connectivity index is 1.35. The Hall–Kier alpha value is -2.70. The smallest absolute Gasteiger partial charge is 0.223 e. The van der Waals surface area contributed by atoms with Gasteiger partial charge in [0, 0.05) is 48.1 Å². The number of hydrogen-bond donors (Lipinski definition) is 1. The molecule has 0 saturated heterocycles. The lowest BCUT2D eigenvalue weighted by Crippen LogP contribution is -2.41. The summed E-state index contributed by atoms with van der Waals surface area (Å²) >= 11 is 0. The third-order valence-electron chi connectivity index (χ3n) is 6.56. The molecule has 0 unspecified atom stereocenters. The van der Waals surface area contributed by atoms with E-state index in [0.29, 0.717) is 13.0 Å². The zero-order valence-corrected chi connectivity index (χ0v) is 16.1. The van der Waals surface area contributed by atoms with Crippen molar-refractivity contribution in [1.82, 2.24) is 30.1 Å². The SMILES string of the molecule is O=C(CC1(Cn2cnnn2)CCCCC1)N1CCc2[nH]c3ccccc3c2C1. The van der Waals surface area contributed by atoms with Gasteiger partial charge in [0.2, 0.25) is 5.91 Å². The summed E-state index contributed by atoms with van der Waals surface area (Å²) in [5, 5.41) is 12.8. The van der Waals surface area contributed by atoms with Crippen LogP contribution in [-0.2, 0) is 24.3 Å². The first-order chi connectivity index (χ1) is 13.7. The minimum atomic E-state index is -0.0226. The van der Waals surface area contributed by atoms with Gasteiger partial charge in [-0.1, -0.05) is 37.5 Å². The maximum atomic E-state index is 13.3. The lowest BCUT2D eigenvalue weighted by Gasteiger charge is -2.38. The summed E-state index contributed by atoms with van der Waals surface area (Å²) in [5.41, 5.74) is 3.72. The molecule has 1 saturated carbocycles. The van der Waals surface area contributed by atoms with Crippen LogP contribution in [0, 0.1) is 5.41 Å². The number of rotatable bonds is 4. The first-order valence-corrected chi connectivity index (χ1v) is 10.3. The summed E-state index contributed by atoms with van der Waals surface area (Å²) < 4.78 is 1.80. The average molecular weight is 378 g/mol. The van der Waals surface area contributed by atoms with E-state index in [1.54, 1.807) is 11.0 Å². The van der Waals surface area contributed by atoms with E-state index < -0.39 is 0 Å². The van der Waals surface area contributed by atoms with Gasteiger partial charge in [-0.25, -0.2) is 4.68 Å². The van der Waals surface area contributed by atoms with Crippen molar-refractivity contribution in [3.63, 3.8) is 0 Å². The normalized spacial score (nSPS) is 18.9. The molecule has 1 aliphatic heterocycles. The number of fused-ring (bicyclic) bond motifs is 3. The van der Waals surface area contributed by atoms with Crippen LogP contribution in [0.4, 0.5) is 0 Å². The fourth-order valence-corrected chi connectivity index (χ4v) is 5.10. The lowest BCUT2D eigenvalue weighted by molar-refractivity contribution is -0.135. The Kier molecular flexibility index (Phi) is 4.37. The van der Waals surface area contributed by atoms with Crippen LogP contribution in [0.2, 0.25) is 0 Å². The van der Waals surface area contributed by atoms with Crippen molar-refractivity contribution >= 4 is 16.8 Å². The first-order valence-electron chi connectivity index (χ1n) is 10.3. The van der Waals surface area contributed by atoms with Crippen LogP contribution >= 0.6 is 0 Å². The standard InChI is InChI=1S/C21H26N6O/c28-20(12-21(9-4-1-5-10-21)14-27-15-22-24-25-27)26-11-8-19-17(13-26)16-6-2-3-7-18(16)23-19/h2-3,6-7,15,23H,1,4-5,8-14H2. The van der Waals surface area contributed by atoms with Crippen molar-refractivity contribution in [3.8, 4) is 0 Å². The van der Waals surface area contributed by atoms with E-state index in [0.717, 1.165) is 32.4 Å². The minimum Gasteiger partial charge on any atom is -0.358 e. The van der Waals surface area contributed by atoms with Crippen molar-refractivity contribution in [2.75, 3.05) is 6.54 Å². The summed E-state index contributed by atoms with van der Waals surface area (Å²) in [5.74, 6) is 0.269. The van der Waals surface area contributed by atoms with Crippen LogP contribution in [0.25, 0.3) is 10.9 Å². The number of tetrazole rings is 1. The quantitative estimate of drug-likeness (QED) is 0.757. The topological polar surface area (TPSA) is 79.7 Å². The molecule has 1 amide bonds. The zero-order chi connectivity index (χ0) is 19.0. The number of para-hydroxylation sites is 1. The highest BCUT2D eigenvalue weighted by atomic mass is 16.2. The molecule has 0 spiro atoms. The second-order valence-corrected chi connectivity index (χ2v) is 8.44. The molecule has 1 aromatic carbocycles. The molecular formula is C21H26N6O. The predicted molar refractivity (Wildman–Crippen MR) is 105 cm³/mol. The highest BCUT2D eigenvalue weighted by Gasteiger charge is 2.37. The highest BCUT2D eigenvalue weighted by molar-refractivity contribution is 5.86. The molecule has 0 bridgehead atoms. The van der Waals surface area contributed by atoms with Crippen molar-refractivity contribution < 1.29 is 4.79 Å². The largest absolute Gasteiger partial charge is 0.358 e. The Morgan fingerprint density at radius 3 is 2.86 bits per heavy atom. The van der Waals surface area contributed by atoms with E-state index in [9.17, 15) is 4.79 Å². The average Bonchev–Trinajstić information content (AvgIpc) is 3.35. The number of amides is 1. The molecule has 5 rings (SSSR count). The van der Waals surface area contributed by atoms with Gasteiger partial charge in [0.15, 0.2) is 0 Å². The van der Waals surface area contributed by atoms with E-state index >= 15 is 0 Å². The molecule has 1 aliphatic carbocycles. The summed E-state index contributed by atoms with van der Waals surface area (Å²) in [7, 11) is 0. The van der Waals surface area contributed by atoms with Crippen LogP contribution in [0.15, 0.2) is 30.6 Å². The molecule has 2 aliphatic rings. The number of H-pyrrole nitrogens is 1. The van der Waals surface area contributed by atoms with E-state index in [4.69, 9.17) is 0 Å². The first kappa shape index (κ1) is 17.4. The predicted octanol–water partition coefficient (Wildman–Crippen LogP) is 3.08. The lowest BCUT2D eigenvalue weighted by atomic mass is 9.71. The van der Waals surface area contributed by atoms with Crippen molar-refractivity contribution in [2.45, 2.75) is 58.0 Å². The molecular weight excluding hydrogens is 352 g/mol. The number of nitrogens with one attached hydrogen (secondary N) is 1. The second-order valence-electron chi connectivity index (χ2n) is 8.44. The van der Waals surface area contributed by atoms with Crippen LogP contribution < -0.4 is 0 Å². The summed E-state index contributed by atoms with van der Waals surface area (Å²) in [6.45, 7) is 2.23. The van der Waals surface area contributed by atoms with Gasteiger partial charge in [-0.3, -0.25) is 4.79 Å². The molecule has 28 heavy (non-hydrogen) atoms. The second kappa shape index (κ2) is 7.04. The van der Waals surface area contributed by atoms with Gasteiger partial charge in [0.25, 0.3) is 0 Å². The van der Waals surface area contributed by atoms with Gasteiger partial charge in [0.05, 0.1) is 6.54 Å². The van der Waals surface area contributed by atoms with Crippen molar-refractivity contribution in [3.05, 3.63) is 41.9 Å². The maximum absolute atomic E-state index is 13.3. The number of benzene rings is 1. The molecule has 0 radical (unpaired) electrons. The molecule has 7 nitrogen and oxygen atoms in total. The Morgan fingerprint density at radius 2 is 2.04 bits per heavy atom. The van der Waals surface area contributed by atoms with Crippen LogP contribution in [-0.4, -0.2) is 42.5 Å². The number of aromatic nitrogens is 5. The number of carbonyl (C=O) groups excluding carboxylic acids is 1. The summed E-state index contributed by atoms with van der Waals surface area (Å²) in [6.07, 6.45) is 8.92. The number of aromatic amines is 1. The van der Waals surface area contributed by atoms with E-state index in [1.165, 1.54) is 41.4 Å². The fraction of sp³-hybridized carbons (Fsp3) is 0.524. The van der Waals surface area contributed by atoms with Gasteiger partial charge in [0.1, 0.15) is 6.33 Å². The Morgan fingerprint density at radius 1 is 1.18 bits per heavy atom. The van der Waals surface area contributed by atoms with E-state index in [1.807, 2.05) is 0 Å². The van der Waals surface area contributed by atoms with Gasteiger partial charge in [-0.05, 0) is 34.7 Å². The highest BCUT2D eigenvalue weighted by Crippen LogP contribution is 2.41. The van der Waals surface area contributed by atoms with Gasteiger partial charge in [-0.2, -0.15) is 0 Å². The van der Waals surface area contributed by atoms with Crippen molar-refractivity contribution in [1.29, 1.82) is 0 Å². The van der Waals surface area contributed by atoms with Gasteiger partial charge >= 0.3 is 0 Å². The molecule has 0 atom stereocenters. The molecule has 3 aromatic rings. The molecule has 3 heterocycles. The Labute approximate surface area is 164 Å². The summed E-state index contributed by atoms with van der Waals surface area (Å²) in [6, 6.07) is 8.39. The van der Waals surface area contributed by atoms with E-state index in [2.05, 4.69) is 49.7 Å². The third-order valence-corrected chi connectivity index (χ3v) is 6.56. The minimum absolute atomic E-state index is 0.0226. The Bertz CT molecular complexity index is 970. The van der Waals surface area contributed by atoms with Crippen LogP contribution in [0.1, 0.15) is 49.8 Å². The van der Waals surface area contributed by atoms with Crippen molar-refractivity contribution in [2.24, 2.45) is 5.41 Å². The third kappa shape index (κ3) is 3.19. The van der Waals surface area contributed by atoms with Crippen LogP contribution in [0.3, 0.4) is 0 Å². The molecule has 7 heteroatoms. The fourth-order valence-electron chi connectivity index (χ4n) is 5.10. The number of nitrogens with zero attached hydrogens (tertiary/aromatic N) is 5.